The number of aryl methyl sites for hydroxylation is 1. The Balaban J connectivity index is 2.17. The van der Waals surface area contributed by atoms with Crippen LogP contribution in [0.4, 0.5) is 5.69 Å². The summed E-state index contributed by atoms with van der Waals surface area (Å²) in [6.07, 6.45) is 5.44. The van der Waals surface area contributed by atoms with Crippen molar-refractivity contribution in [3.8, 4) is 0 Å². The smallest absolute Gasteiger partial charge is 0.283 e. The van der Waals surface area contributed by atoms with Gasteiger partial charge in [-0.25, -0.2) is 9.67 Å². The third-order valence-corrected chi connectivity index (χ3v) is 4.63. The molecule has 0 saturated heterocycles. The summed E-state index contributed by atoms with van der Waals surface area (Å²) in [4.78, 5) is 16.4. The van der Waals surface area contributed by atoms with Crippen molar-refractivity contribution in [3.05, 3.63) is 37.6 Å². The summed E-state index contributed by atoms with van der Waals surface area (Å²) in [7, 11) is 0. The van der Waals surface area contributed by atoms with E-state index in [2.05, 4.69) is 38.3 Å². The molecule has 2 aromatic heterocycles. The maximum atomic E-state index is 12.2. The number of halogens is 1. The van der Waals surface area contributed by atoms with Gasteiger partial charge in [-0.2, -0.15) is 5.10 Å². The van der Waals surface area contributed by atoms with Crippen LogP contribution in [0.3, 0.4) is 0 Å². The number of nitrogens with zero attached hydrogens (tertiary/aromatic N) is 3. The van der Waals surface area contributed by atoms with Gasteiger partial charge < -0.3 is 5.32 Å². The Hall–Kier alpha value is -1.21. The van der Waals surface area contributed by atoms with Crippen LogP contribution >= 0.6 is 27.3 Å². The second-order valence-electron chi connectivity index (χ2n) is 4.49. The molecule has 1 unspecified atom stereocenters. The van der Waals surface area contributed by atoms with Crippen LogP contribution < -0.4 is 10.9 Å². The zero-order valence-electron chi connectivity index (χ0n) is 11.5. The first kappa shape index (κ1) is 15.2. The number of anilines is 1. The zero-order valence-corrected chi connectivity index (χ0v) is 13.9. The first-order valence-corrected chi connectivity index (χ1v) is 8.22. The molecule has 5 nitrogen and oxygen atoms in total. The fourth-order valence-electron chi connectivity index (χ4n) is 1.78. The fraction of sp³-hybridized carbons (Fsp3) is 0.462. The van der Waals surface area contributed by atoms with Crippen molar-refractivity contribution in [2.45, 2.75) is 39.3 Å². The number of nitrogens with one attached hydrogen (secondary N) is 1. The molecule has 0 radical (unpaired) electrons. The van der Waals surface area contributed by atoms with Gasteiger partial charge >= 0.3 is 0 Å². The Kier molecular flexibility index (Phi) is 5.31. The van der Waals surface area contributed by atoms with E-state index < -0.39 is 0 Å². The summed E-state index contributed by atoms with van der Waals surface area (Å²) in [5.41, 5.74) is 0.597. The van der Waals surface area contributed by atoms with Crippen molar-refractivity contribution < 1.29 is 0 Å². The second kappa shape index (κ2) is 6.99. The Morgan fingerprint density at radius 3 is 3.00 bits per heavy atom. The van der Waals surface area contributed by atoms with Crippen molar-refractivity contribution in [2.75, 3.05) is 5.32 Å². The highest BCUT2D eigenvalue weighted by Gasteiger charge is 2.13. The Bertz CT molecular complexity index is 611. The monoisotopic (exact) mass is 356 g/mol. The lowest BCUT2D eigenvalue weighted by atomic mass is 10.3. The van der Waals surface area contributed by atoms with E-state index in [1.807, 2.05) is 12.3 Å². The molecular formula is C13H17BrN4OS. The summed E-state index contributed by atoms with van der Waals surface area (Å²) in [5.74, 6) is 0. The molecule has 0 spiro atoms. The van der Waals surface area contributed by atoms with E-state index in [1.165, 1.54) is 4.68 Å². The predicted molar refractivity (Wildman–Crippen MR) is 85.3 cm³/mol. The fourth-order valence-corrected chi connectivity index (χ4v) is 2.84. The van der Waals surface area contributed by atoms with Crippen molar-refractivity contribution in [3.63, 3.8) is 0 Å². The summed E-state index contributed by atoms with van der Waals surface area (Å²) in [5, 5.41) is 10.4. The van der Waals surface area contributed by atoms with Crippen LogP contribution in [0.2, 0.25) is 0 Å². The first-order chi connectivity index (χ1) is 9.63. The number of rotatable bonds is 6. The van der Waals surface area contributed by atoms with Gasteiger partial charge in [-0.15, -0.1) is 11.3 Å². The number of hydrogen-bond acceptors (Lipinski definition) is 5. The molecule has 0 saturated carbocycles. The molecular weight excluding hydrogens is 340 g/mol. The molecule has 2 rings (SSSR count). The summed E-state index contributed by atoms with van der Waals surface area (Å²) in [6, 6.07) is 0.0407. The third kappa shape index (κ3) is 3.46. The minimum Gasteiger partial charge on any atom is -0.374 e. The summed E-state index contributed by atoms with van der Waals surface area (Å²) < 4.78 is 2.01. The van der Waals surface area contributed by atoms with Crippen molar-refractivity contribution in [1.29, 1.82) is 0 Å². The van der Waals surface area contributed by atoms with Gasteiger partial charge in [-0.05, 0) is 29.3 Å². The zero-order chi connectivity index (χ0) is 14.5. The molecule has 20 heavy (non-hydrogen) atoms. The van der Waals surface area contributed by atoms with Crippen LogP contribution in [-0.2, 0) is 6.54 Å². The molecule has 1 atom stereocenters. The van der Waals surface area contributed by atoms with Gasteiger partial charge in [0.15, 0.2) is 0 Å². The molecule has 2 aromatic rings. The average molecular weight is 357 g/mol. The van der Waals surface area contributed by atoms with Gasteiger partial charge in [0.05, 0.1) is 17.9 Å². The third-order valence-electron chi connectivity index (χ3n) is 2.90. The second-order valence-corrected chi connectivity index (χ2v) is 6.21. The minimum absolute atomic E-state index is 0.0407. The lowest BCUT2D eigenvalue weighted by molar-refractivity contribution is 0.541. The number of aromatic nitrogens is 3. The topological polar surface area (TPSA) is 59.8 Å². The average Bonchev–Trinajstić information content (AvgIpc) is 2.97. The van der Waals surface area contributed by atoms with Crippen LogP contribution in [0.15, 0.2) is 27.0 Å². The molecule has 0 aliphatic rings. The van der Waals surface area contributed by atoms with Crippen LogP contribution in [-0.4, -0.2) is 14.8 Å². The molecule has 1 N–H and O–H groups in total. The molecule has 0 aliphatic carbocycles. The van der Waals surface area contributed by atoms with Gasteiger partial charge in [-0.1, -0.05) is 13.3 Å². The molecule has 0 bridgehead atoms. The number of unbranched alkanes of at least 4 members (excludes halogenated alkanes) is 1. The van der Waals surface area contributed by atoms with Crippen molar-refractivity contribution in [2.24, 2.45) is 0 Å². The molecule has 0 fully saturated rings. The highest BCUT2D eigenvalue weighted by atomic mass is 79.9. The maximum Gasteiger partial charge on any atom is 0.283 e. The van der Waals surface area contributed by atoms with Crippen LogP contribution in [0.5, 0.6) is 0 Å². The van der Waals surface area contributed by atoms with Crippen molar-refractivity contribution in [1.82, 2.24) is 14.8 Å². The lowest BCUT2D eigenvalue weighted by Gasteiger charge is -2.14. The standard InChI is InChI=1S/C13H17BrN4OS/c1-3-4-6-18-13(19)11(14)10(8-16-18)17-9(2)12-15-5-7-20-12/h5,7-9,17H,3-4,6H2,1-2H3. The Morgan fingerprint density at radius 1 is 1.55 bits per heavy atom. The molecule has 7 heteroatoms. The summed E-state index contributed by atoms with van der Waals surface area (Å²) in [6.45, 7) is 4.75. The SMILES string of the molecule is CCCCn1ncc(NC(C)c2nccs2)c(Br)c1=O. The largest absolute Gasteiger partial charge is 0.374 e. The van der Waals surface area contributed by atoms with E-state index in [0.717, 1.165) is 17.8 Å². The van der Waals surface area contributed by atoms with Gasteiger partial charge in [0.2, 0.25) is 0 Å². The van der Waals surface area contributed by atoms with Gasteiger partial charge in [0.1, 0.15) is 9.48 Å². The predicted octanol–water partition coefficient (Wildman–Crippen LogP) is 3.44. The molecule has 2 heterocycles. The van der Waals surface area contributed by atoms with Crippen LogP contribution in [0, 0.1) is 0 Å². The Morgan fingerprint density at radius 2 is 2.35 bits per heavy atom. The van der Waals surface area contributed by atoms with E-state index in [1.54, 1.807) is 23.7 Å². The number of thiazole rings is 1. The van der Waals surface area contributed by atoms with Crippen molar-refractivity contribution >= 4 is 33.0 Å². The lowest BCUT2D eigenvalue weighted by Crippen LogP contribution is -2.25. The van der Waals surface area contributed by atoms with E-state index in [4.69, 9.17) is 0 Å². The summed E-state index contributed by atoms with van der Waals surface area (Å²) >= 11 is 4.94. The molecule has 0 aliphatic heterocycles. The van der Waals surface area contributed by atoms with Crippen LogP contribution in [0.1, 0.15) is 37.7 Å². The quantitative estimate of drug-likeness (QED) is 0.861. The minimum atomic E-state index is -0.102. The maximum absolute atomic E-state index is 12.2. The van der Waals surface area contributed by atoms with E-state index in [-0.39, 0.29) is 11.6 Å². The first-order valence-electron chi connectivity index (χ1n) is 6.55. The molecule has 108 valence electrons. The van der Waals surface area contributed by atoms with Gasteiger partial charge in [0, 0.05) is 18.1 Å². The molecule has 0 amide bonds. The van der Waals surface area contributed by atoms with E-state index in [0.29, 0.717) is 16.7 Å². The van der Waals surface area contributed by atoms with E-state index >= 15 is 0 Å². The Labute approximate surface area is 130 Å². The van der Waals surface area contributed by atoms with E-state index in [9.17, 15) is 4.79 Å². The normalized spacial score (nSPS) is 12.3. The van der Waals surface area contributed by atoms with Crippen LogP contribution in [0.25, 0.3) is 0 Å². The highest BCUT2D eigenvalue weighted by Crippen LogP contribution is 2.24. The highest BCUT2D eigenvalue weighted by molar-refractivity contribution is 9.10. The van der Waals surface area contributed by atoms with Gasteiger partial charge in [0.25, 0.3) is 5.56 Å². The van der Waals surface area contributed by atoms with Gasteiger partial charge in [-0.3, -0.25) is 4.79 Å². The number of hydrogen-bond donors (Lipinski definition) is 1. The molecule has 0 aromatic carbocycles.